The lowest BCUT2D eigenvalue weighted by molar-refractivity contribution is -0.143. The highest BCUT2D eigenvalue weighted by Crippen LogP contribution is 2.37. The van der Waals surface area contributed by atoms with E-state index in [0.717, 1.165) is 20.4 Å². The molecule has 1 N–H and O–H groups in total. The number of nitrogens with zero attached hydrogens (tertiary/aromatic N) is 3. The molecule has 4 rings (SSSR count). The average Bonchev–Trinajstić information content (AvgIpc) is 3.23. The third-order valence-corrected chi connectivity index (χ3v) is 6.64. The normalized spacial score (nSPS) is 18.2. The minimum atomic E-state index is -4.89. The van der Waals surface area contributed by atoms with Crippen LogP contribution in [-0.4, -0.2) is 34.8 Å². The van der Waals surface area contributed by atoms with Gasteiger partial charge in [-0.1, -0.05) is 24.3 Å². The van der Waals surface area contributed by atoms with E-state index in [9.17, 15) is 21.6 Å². The van der Waals surface area contributed by atoms with Crippen LogP contribution in [0.5, 0.6) is 0 Å². The topological polar surface area (TPSA) is 68.9 Å². The van der Waals surface area contributed by atoms with Crippen molar-refractivity contribution >= 4 is 26.5 Å². The first-order valence-corrected chi connectivity index (χ1v) is 10.4. The first kappa shape index (κ1) is 19.7. The lowest BCUT2D eigenvalue weighted by atomic mass is 9.96. The largest absolute Gasteiger partial charge is 0.436 e. The fourth-order valence-corrected chi connectivity index (χ4v) is 5.21. The van der Waals surface area contributed by atoms with Crippen LogP contribution in [0.25, 0.3) is 16.5 Å². The Morgan fingerprint density at radius 1 is 1.21 bits per heavy atom. The maximum Gasteiger partial charge on any atom is 0.436 e. The highest BCUT2D eigenvalue weighted by molar-refractivity contribution is 7.90. The highest BCUT2D eigenvalue weighted by atomic mass is 32.2. The summed E-state index contributed by atoms with van der Waals surface area (Å²) in [7, 11) is -3.26. The van der Waals surface area contributed by atoms with Crippen molar-refractivity contribution in [3.05, 3.63) is 54.0 Å². The summed E-state index contributed by atoms with van der Waals surface area (Å²) in [6.07, 6.45) is 0.0800. The van der Waals surface area contributed by atoms with E-state index in [4.69, 9.17) is 0 Å². The second-order valence-electron chi connectivity index (χ2n) is 7.12. The molecule has 6 nitrogen and oxygen atoms in total. The van der Waals surface area contributed by atoms with Crippen molar-refractivity contribution in [1.82, 2.24) is 19.1 Å². The summed E-state index contributed by atoms with van der Waals surface area (Å²) in [5, 5.41) is 7.30. The number of nitrogens with one attached hydrogen (secondary N) is 1. The smallest absolute Gasteiger partial charge is 0.310 e. The van der Waals surface area contributed by atoms with Crippen molar-refractivity contribution in [3.8, 4) is 0 Å². The van der Waals surface area contributed by atoms with Gasteiger partial charge < -0.3 is 5.32 Å². The zero-order valence-electron chi connectivity index (χ0n) is 15.7. The summed E-state index contributed by atoms with van der Waals surface area (Å²) in [6, 6.07) is 7.01. The van der Waals surface area contributed by atoms with Gasteiger partial charge in [0.15, 0.2) is 5.69 Å². The predicted molar refractivity (Wildman–Crippen MR) is 103 cm³/mol. The molecule has 0 radical (unpaired) electrons. The van der Waals surface area contributed by atoms with Crippen molar-refractivity contribution in [2.24, 2.45) is 7.05 Å². The van der Waals surface area contributed by atoms with Gasteiger partial charge in [0.2, 0.25) is 0 Å². The Balaban J connectivity index is 1.95. The highest BCUT2D eigenvalue weighted by Gasteiger charge is 2.42. The molecule has 0 saturated heterocycles. The molecule has 0 bridgehead atoms. The number of aromatic nitrogens is 3. The van der Waals surface area contributed by atoms with Crippen LogP contribution in [0.4, 0.5) is 13.2 Å². The zero-order chi connectivity index (χ0) is 21.0. The van der Waals surface area contributed by atoms with E-state index in [1.165, 1.54) is 13.2 Å². The Hall–Kier alpha value is -2.59. The number of hydrogen-bond acceptors (Lipinski definition) is 4. The molecule has 0 saturated carbocycles. The molecular formula is C19H19F3N4O2S. The SMILES string of the molecule is CC1CC(c2cn(S(=O)(=O)c3cn(C)nc3C(F)(F)F)c3ccccc23)=CCN1. The molecule has 29 heavy (non-hydrogen) atoms. The molecule has 154 valence electrons. The molecule has 1 aliphatic heterocycles. The van der Waals surface area contributed by atoms with Gasteiger partial charge in [-0.2, -0.15) is 18.3 Å². The van der Waals surface area contributed by atoms with E-state index in [1.54, 1.807) is 24.3 Å². The van der Waals surface area contributed by atoms with E-state index < -0.39 is 26.8 Å². The molecule has 1 aliphatic rings. The minimum Gasteiger partial charge on any atom is -0.310 e. The lowest BCUT2D eigenvalue weighted by Gasteiger charge is -2.20. The molecule has 1 aromatic carbocycles. The van der Waals surface area contributed by atoms with Gasteiger partial charge in [0.1, 0.15) is 4.90 Å². The van der Waals surface area contributed by atoms with Crippen molar-refractivity contribution in [3.63, 3.8) is 0 Å². The molecule has 1 atom stereocenters. The van der Waals surface area contributed by atoms with Crippen LogP contribution in [0.15, 0.2) is 47.6 Å². The Bertz CT molecular complexity index is 1220. The number of para-hydroxylation sites is 1. The van der Waals surface area contributed by atoms with Crippen LogP contribution in [0, 0.1) is 0 Å². The van der Waals surface area contributed by atoms with Crippen molar-refractivity contribution in [2.75, 3.05) is 6.54 Å². The summed E-state index contributed by atoms with van der Waals surface area (Å²) in [5.74, 6) is 0. The number of halogens is 3. The quantitative estimate of drug-likeness (QED) is 0.700. The van der Waals surface area contributed by atoms with Gasteiger partial charge in [0.25, 0.3) is 10.0 Å². The predicted octanol–water partition coefficient (Wildman–Crippen LogP) is 3.40. The Kier molecular flexibility index (Phi) is 4.58. The fourth-order valence-electron chi connectivity index (χ4n) is 3.65. The van der Waals surface area contributed by atoms with Crippen molar-refractivity contribution in [2.45, 2.75) is 30.5 Å². The van der Waals surface area contributed by atoms with Crippen LogP contribution in [-0.2, 0) is 23.2 Å². The van der Waals surface area contributed by atoms with Crippen LogP contribution < -0.4 is 5.32 Å². The average molecular weight is 424 g/mol. The van der Waals surface area contributed by atoms with Gasteiger partial charge in [0, 0.05) is 43.0 Å². The van der Waals surface area contributed by atoms with E-state index in [1.807, 2.05) is 13.0 Å². The Morgan fingerprint density at radius 2 is 1.93 bits per heavy atom. The standard InChI is InChI=1S/C19H19F3N4O2S/c1-12-9-13(7-8-23-12)15-10-26(16-6-4-3-5-14(15)16)29(27,28)17-11-25(2)24-18(17)19(20,21)22/h3-7,10-12,23H,8-9H2,1-2H3. The summed E-state index contributed by atoms with van der Waals surface area (Å²) < 4.78 is 68.5. The monoisotopic (exact) mass is 424 g/mol. The maximum absolute atomic E-state index is 13.4. The van der Waals surface area contributed by atoms with Crippen LogP contribution in [0.3, 0.4) is 0 Å². The third kappa shape index (κ3) is 3.36. The van der Waals surface area contributed by atoms with E-state index >= 15 is 0 Å². The van der Waals surface area contributed by atoms with Gasteiger partial charge in [0.05, 0.1) is 5.52 Å². The molecule has 1 unspecified atom stereocenters. The minimum absolute atomic E-state index is 0.212. The Labute approximate surface area is 165 Å². The number of alkyl halides is 3. The van der Waals surface area contributed by atoms with Crippen molar-refractivity contribution < 1.29 is 21.6 Å². The number of fused-ring (bicyclic) bond motifs is 1. The molecule has 3 heterocycles. The van der Waals surface area contributed by atoms with Gasteiger partial charge in [-0.15, -0.1) is 0 Å². The summed E-state index contributed by atoms with van der Waals surface area (Å²) in [6.45, 7) is 2.66. The molecule has 0 amide bonds. The molecule has 0 spiro atoms. The van der Waals surface area contributed by atoms with Gasteiger partial charge in [-0.3, -0.25) is 4.68 Å². The van der Waals surface area contributed by atoms with E-state index in [-0.39, 0.29) is 6.04 Å². The molecule has 2 aromatic heterocycles. The fraction of sp³-hybridized carbons (Fsp3) is 0.316. The van der Waals surface area contributed by atoms with Gasteiger partial charge in [-0.05, 0) is 25.0 Å². The third-order valence-electron chi connectivity index (χ3n) is 4.97. The molecule has 0 aliphatic carbocycles. The van der Waals surface area contributed by atoms with E-state index in [2.05, 4.69) is 10.4 Å². The molecule has 3 aromatic rings. The van der Waals surface area contributed by atoms with Crippen LogP contribution in [0.2, 0.25) is 0 Å². The van der Waals surface area contributed by atoms with Crippen molar-refractivity contribution in [1.29, 1.82) is 0 Å². The number of aryl methyl sites for hydroxylation is 1. The Morgan fingerprint density at radius 3 is 2.62 bits per heavy atom. The number of hydrogen-bond donors (Lipinski definition) is 1. The molecule has 0 fully saturated rings. The summed E-state index contributed by atoms with van der Waals surface area (Å²) in [5.41, 5.74) is 0.569. The van der Waals surface area contributed by atoms with E-state index in [0.29, 0.717) is 29.4 Å². The molecular weight excluding hydrogens is 405 g/mol. The number of rotatable bonds is 3. The van der Waals surface area contributed by atoms with Gasteiger partial charge in [-0.25, -0.2) is 12.4 Å². The van der Waals surface area contributed by atoms with Crippen LogP contribution in [0.1, 0.15) is 24.6 Å². The number of benzene rings is 1. The summed E-state index contributed by atoms with van der Waals surface area (Å²) in [4.78, 5) is -0.868. The lowest BCUT2D eigenvalue weighted by Crippen LogP contribution is -2.29. The first-order valence-electron chi connectivity index (χ1n) is 8.98. The molecule has 10 heteroatoms. The maximum atomic E-state index is 13.4. The van der Waals surface area contributed by atoms with Crippen LogP contribution >= 0.6 is 0 Å². The second kappa shape index (κ2) is 6.74. The first-order chi connectivity index (χ1) is 13.6. The summed E-state index contributed by atoms with van der Waals surface area (Å²) >= 11 is 0. The van der Waals surface area contributed by atoms with Gasteiger partial charge >= 0.3 is 6.18 Å². The second-order valence-corrected chi connectivity index (χ2v) is 8.90. The zero-order valence-corrected chi connectivity index (χ0v) is 16.5.